The Labute approximate surface area is 105 Å². The highest BCUT2D eigenvalue weighted by atomic mass is 32.1. The van der Waals surface area contributed by atoms with E-state index in [0.29, 0.717) is 11.8 Å². The van der Waals surface area contributed by atoms with Gasteiger partial charge in [-0.2, -0.15) is 4.98 Å². The molecule has 17 heavy (non-hydrogen) atoms. The molecule has 5 heteroatoms. The van der Waals surface area contributed by atoms with E-state index in [-0.39, 0.29) is 0 Å². The summed E-state index contributed by atoms with van der Waals surface area (Å²) < 4.78 is 5.27. The molecule has 0 aromatic carbocycles. The van der Waals surface area contributed by atoms with Crippen LogP contribution in [-0.2, 0) is 6.42 Å². The van der Waals surface area contributed by atoms with Gasteiger partial charge in [-0.15, -0.1) is 11.3 Å². The van der Waals surface area contributed by atoms with Crippen LogP contribution < -0.4 is 5.73 Å². The Morgan fingerprint density at radius 3 is 2.82 bits per heavy atom. The number of nitrogens with two attached hydrogens (primary N) is 1. The molecule has 0 aliphatic carbocycles. The summed E-state index contributed by atoms with van der Waals surface area (Å²) in [6.45, 7) is 6.37. The predicted octanol–water partition coefficient (Wildman–Crippen LogP) is 3.28. The van der Waals surface area contributed by atoms with Gasteiger partial charge in [-0.1, -0.05) is 19.0 Å². The van der Waals surface area contributed by atoms with Crippen LogP contribution in [0.4, 0.5) is 5.00 Å². The summed E-state index contributed by atoms with van der Waals surface area (Å²) in [6, 6.07) is 1.93. The zero-order valence-corrected chi connectivity index (χ0v) is 11.2. The minimum Gasteiger partial charge on any atom is -0.391 e. The van der Waals surface area contributed by atoms with E-state index in [1.807, 2.05) is 13.0 Å². The zero-order chi connectivity index (χ0) is 12.4. The number of hydrogen-bond acceptors (Lipinski definition) is 5. The summed E-state index contributed by atoms with van der Waals surface area (Å²) in [5.41, 5.74) is 6.84. The molecule has 0 radical (unpaired) electrons. The zero-order valence-electron chi connectivity index (χ0n) is 10.4. The van der Waals surface area contributed by atoms with Crippen molar-refractivity contribution in [3.63, 3.8) is 0 Å². The van der Waals surface area contributed by atoms with Gasteiger partial charge in [0.25, 0.3) is 5.89 Å². The molecular formula is C12H17N3OS. The highest BCUT2D eigenvalue weighted by molar-refractivity contribution is 7.19. The Hall–Kier alpha value is -1.36. The Morgan fingerprint density at radius 1 is 1.47 bits per heavy atom. The van der Waals surface area contributed by atoms with Gasteiger partial charge in [-0.25, -0.2) is 0 Å². The second-order valence-electron chi connectivity index (χ2n) is 4.61. The van der Waals surface area contributed by atoms with Crippen molar-refractivity contribution < 1.29 is 4.52 Å². The van der Waals surface area contributed by atoms with Gasteiger partial charge in [-0.05, 0) is 30.9 Å². The minimum atomic E-state index is 0.586. The molecule has 0 bridgehead atoms. The molecule has 0 amide bonds. The van der Waals surface area contributed by atoms with E-state index in [9.17, 15) is 0 Å². The highest BCUT2D eigenvalue weighted by Gasteiger charge is 2.14. The van der Waals surface area contributed by atoms with E-state index in [2.05, 4.69) is 24.0 Å². The molecule has 2 heterocycles. The number of aryl methyl sites for hydroxylation is 2. The van der Waals surface area contributed by atoms with Gasteiger partial charge in [0.2, 0.25) is 0 Å². The monoisotopic (exact) mass is 251 g/mol. The average molecular weight is 251 g/mol. The average Bonchev–Trinajstić information content (AvgIpc) is 2.82. The van der Waals surface area contributed by atoms with Gasteiger partial charge >= 0.3 is 0 Å². The first-order valence-corrected chi connectivity index (χ1v) is 6.56. The fraction of sp³-hybridized carbons (Fsp3) is 0.500. The number of nitrogen functional groups attached to an aromatic ring is 1. The summed E-state index contributed by atoms with van der Waals surface area (Å²) in [4.78, 5) is 5.38. The third kappa shape index (κ3) is 2.85. The molecule has 92 valence electrons. The number of nitrogens with zero attached hydrogens (tertiary/aromatic N) is 2. The largest absolute Gasteiger partial charge is 0.391 e. The van der Waals surface area contributed by atoms with Crippen LogP contribution in [0.5, 0.6) is 0 Å². The maximum Gasteiger partial charge on any atom is 0.268 e. The quantitative estimate of drug-likeness (QED) is 0.905. The lowest BCUT2D eigenvalue weighted by Crippen LogP contribution is -1.93. The lowest BCUT2D eigenvalue weighted by Gasteiger charge is -1.98. The Kier molecular flexibility index (Phi) is 3.47. The summed E-state index contributed by atoms with van der Waals surface area (Å²) in [5, 5.41) is 4.77. The molecule has 2 aromatic rings. The van der Waals surface area contributed by atoms with Gasteiger partial charge in [0.15, 0.2) is 5.82 Å². The molecule has 0 fully saturated rings. The van der Waals surface area contributed by atoms with Crippen LogP contribution in [0.3, 0.4) is 0 Å². The molecule has 0 aliphatic heterocycles. The topological polar surface area (TPSA) is 64.9 Å². The first kappa shape index (κ1) is 12.1. The van der Waals surface area contributed by atoms with Crippen molar-refractivity contribution in [1.29, 1.82) is 0 Å². The standard InChI is InChI=1S/C12H17N3OS/c1-7(2)4-5-10-14-12(16-15-10)11-8(3)6-9(13)17-11/h6-7H,4-5,13H2,1-3H3. The number of anilines is 1. The fourth-order valence-corrected chi connectivity index (χ4v) is 2.45. The normalized spacial score (nSPS) is 11.3. The van der Waals surface area contributed by atoms with Gasteiger partial charge < -0.3 is 10.3 Å². The lowest BCUT2D eigenvalue weighted by molar-refractivity contribution is 0.419. The van der Waals surface area contributed by atoms with E-state index in [4.69, 9.17) is 10.3 Å². The van der Waals surface area contributed by atoms with Crippen LogP contribution in [0.2, 0.25) is 0 Å². The smallest absolute Gasteiger partial charge is 0.268 e. The molecule has 2 N–H and O–H groups in total. The molecule has 4 nitrogen and oxygen atoms in total. The van der Waals surface area contributed by atoms with Crippen molar-refractivity contribution in [2.45, 2.75) is 33.6 Å². The molecule has 0 atom stereocenters. The Balaban J connectivity index is 2.15. The number of thiophene rings is 1. The van der Waals surface area contributed by atoms with Crippen LogP contribution in [0.15, 0.2) is 10.6 Å². The van der Waals surface area contributed by atoms with Crippen LogP contribution >= 0.6 is 11.3 Å². The van der Waals surface area contributed by atoms with Crippen LogP contribution in [-0.4, -0.2) is 10.1 Å². The lowest BCUT2D eigenvalue weighted by atomic mass is 10.1. The van der Waals surface area contributed by atoms with Crippen LogP contribution in [0, 0.1) is 12.8 Å². The number of aromatic nitrogens is 2. The number of hydrogen-bond donors (Lipinski definition) is 1. The van der Waals surface area contributed by atoms with Crippen molar-refractivity contribution in [1.82, 2.24) is 10.1 Å². The first-order valence-electron chi connectivity index (χ1n) is 5.75. The van der Waals surface area contributed by atoms with Gasteiger partial charge in [0, 0.05) is 6.42 Å². The van der Waals surface area contributed by atoms with Crippen molar-refractivity contribution in [2.24, 2.45) is 5.92 Å². The molecule has 0 unspecified atom stereocenters. The minimum absolute atomic E-state index is 0.586. The third-order valence-electron chi connectivity index (χ3n) is 2.54. The van der Waals surface area contributed by atoms with Gasteiger partial charge in [0.1, 0.15) is 0 Å². The van der Waals surface area contributed by atoms with Crippen LogP contribution in [0.25, 0.3) is 10.8 Å². The summed E-state index contributed by atoms with van der Waals surface area (Å²) in [6.07, 6.45) is 1.94. The maximum atomic E-state index is 5.75. The van der Waals surface area contributed by atoms with E-state index in [1.54, 1.807) is 0 Å². The summed E-state index contributed by atoms with van der Waals surface area (Å²) in [7, 11) is 0. The third-order valence-corrected chi connectivity index (χ3v) is 3.60. The highest BCUT2D eigenvalue weighted by Crippen LogP contribution is 2.32. The Bertz CT molecular complexity index is 502. The van der Waals surface area contributed by atoms with E-state index in [1.165, 1.54) is 11.3 Å². The van der Waals surface area contributed by atoms with E-state index >= 15 is 0 Å². The second kappa shape index (κ2) is 4.87. The predicted molar refractivity (Wildman–Crippen MR) is 69.9 cm³/mol. The molecular weight excluding hydrogens is 234 g/mol. The SMILES string of the molecule is Cc1cc(N)sc1-c1nc(CCC(C)C)no1. The van der Waals surface area contributed by atoms with Gasteiger partial charge in [0.05, 0.1) is 9.88 Å². The number of rotatable bonds is 4. The molecule has 0 saturated carbocycles. The van der Waals surface area contributed by atoms with Crippen molar-refractivity contribution >= 4 is 16.3 Å². The maximum absolute atomic E-state index is 5.75. The van der Waals surface area contributed by atoms with Crippen LogP contribution in [0.1, 0.15) is 31.7 Å². The summed E-state index contributed by atoms with van der Waals surface area (Å²) >= 11 is 1.49. The van der Waals surface area contributed by atoms with Gasteiger partial charge in [-0.3, -0.25) is 0 Å². The molecule has 0 spiro atoms. The second-order valence-corrected chi connectivity index (χ2v) is 5.69. The van der Waals surface area contributed by atoms with Crippen molar-refractivity contribution in [3.8, 4) is 10.8 Å². The first-order chi connectivity index (χ1) is 8.06. The molecule has 0 saturated heterocycles. The molecule has 0 aliphatic rings. The van der Waals surface area contributed by atoms with E-state index in [0.717, 1.165) is 34.1 Å². The fourth-order valence-electron chi connectivity index (χ4n) is 1.58. The summed E-state index contributed by atoms with van der Waals surface area (Å²) in [5.74, 6) is 2.01. The van der Waals surface area contributed by atoms with E-state index < -0.39 is 0 Å². The molecule has 2 rings (SSSR count). The van der Waals surface area contributed by atoms with Crippen molar-refractivity contribution in [3.05, 3.63) is 17.5 Å². The van der Waals surface area contributed by atoms with Crippen molar-refractivity contribution in [2.75, 3.05) is 5.73 Å². The molecule has 2 aromatic heterocycles. The Morgan fingerprint density at radius 2 is 2.24 bits per heavy atom.